The van der Waals surface area contributed by atoms with E-state index in [1.807, 2.05) is 26.0 Å². The maximum Gasteiger partial charge on any atom is 0.232 e. The highest BCUT2D eigenvalue weighted by Crippen LogP contribution is 2.29. The van der Waals surface area contributed by atoms with Crippen LogP contribution in [-0.4, -0.2) is 26.3 Å². The van der Waals surface area contributed by atoms with Gasteiger partial charge in [0.1, 0.15) is 5.69 Å². The van der Waals surface area contributed by atoms with Gasteiger partial charge >= 0.3 is 0 Å². The van der Waals surface area contributed by atoms with E-state index in [1.165, 1.54) is 0 Å². The van der Waals surface area contributed by atoms with E-state index >= 15 is 0 Å². The number of hydrogen-bond acceptors (Lipinski definition) is 5. The molecule has 2 atom stereocenters. The SMILES string of the molecule is CC(C)C(c1nc(-c2ncccc2Br)no1)C(C)O. The number of hydrogen-bond donors (Lipinski definition) is 1. The van der Waals surface area contributed by atoms with Gasteiger partial charge in [0.25, 0.3) is 0 Å². The molecule has 0 radical (unpaired) electrons. The number of aliphatic hydroxyl groups excluding tert-OH is 1. The first kappa shape index (κ1) is 14.1. The van der Waals surface area contributed by atoms with Gasteiger partial charge in [-0.1, -0.05) is 19.0 Å². The molecule has 0 spiro atoms. The molecule has 102 valence electrons. The van der Waals surface area contributed by atoms with Crippen LogP contribution < -0.4 is 0 Å². The van der Waals surface area contributed by atoms with Crippen LogP contribution >= 0.6 is 15.9 Å². The Bertz CT molecular complexity index is 546. The molecule has 0 fully saturated rings. The minimum atomic E-state index is -0.541. The lowest BCUT2D eigenvalue weighted by atomic mass is 9.91. The number of halogens is 1. The molecule has 2 unspecified atom stereocenters. The number of pyridine rings is 1. The number of aromatic nitrogens is 3. The van der Waals surface area contributed by atoms with Crippen molar-refractivity contribution in [2.45, 2.75) is 32.8 Å². The first-order valence-electron chi connectivity index (χ1n) is 6.13. The van der Waals surface area contributed by atoms with E-state index in [-0.39, 0.29) is 11.8 Å². The average molecular weight is 326 g/mol. The van der Waals surface area contributed by atoms with E-state index in [4.69, 9.17) is 4.52 Å². The van der Waals surface area contributed by atoms with Crippen molar-refractivity contribution in [1.29, 1.82) is 0 Å². The van der Waals surface area contributed by atoms with Crippen LogP contribution in [0.1, 0.15) is 32.6 Å². The van der Waals surface area contributed by atoms with Gasteiger partial charge in [0, 0.05) is 10.7 Å². The summed E-state index contributed by atoms with van der Waals surface area (Å²) < 4.78 is 6.08. The highest BCUT2D eigenvalue weighted by Gasteiger charge is 2.27. The molecular formula is C13H16BrN3O2. The Morgan fingerprint density at radius 1 is 1.32 bits per heavy atom. The second kappa shape index (κ2) is 5.79. The number of aliphatic hydroxyl groups is 1. The van der Waals surface area contributed by atoms with Gasteiger partial charge in [-0.2, -0.15) is 4.98 Å². The maximum absolute atomic E-state index is 9.82. The van der Waals surface area contributed by atoms with Gasteiger partial charge in [-0.25, -0.2) is 0 Å². The van der Waals surface area contributed by atoms with Crippen LogP contribution in [0.5, 0.6) is 0 Å². The molecule has 0 aliphatic carbocycles. The summed E-state index contributed by atoms with van der Waals surface area (Å²) >= 11 is 3.40. The van der Waals surface area contributed by atoms with Crippen molar-refractivity contribution in [3.63, 3.8) is 0 Å². The zero-order valence-electron chi connectivity index (χ0n) is 11.0. The second-order valence-electron chi connectivity index (χ2n) is 4.80. The van der Waals surface area contributed by atoms with E-state index < -0.39 is 6.10 Å². The Morgan fingerprint density at radius 2 is 2.05 bits per heavy atom. The van der Waals surface area contributed by atoms with Crippen LogP contribution in [0.15, 0.2) is 27.3 Å². The van der Waals surface area contributed by atoms with Crippen molar-refractivity contribution >= 4 is 15.9 Å². The lowest BCUT2D eigenvalue weighted by Crippen LogP contribution is -2.20. The van der Waals surface area contributed by atoms with E-state index in [0.29, 0.717) is 17.4 Å². The van der Waals surface area contributed by atoms with Crippen LogP contribution in [0.2, 0.25) is 0 Å². The average Bonchev–Trinajstić information content (AvgIpc) is 2.77. The maximum atomic E-state index is 9.82. The Balaban J connectivity index is 2.36. The molecule has 6 heteroatoms. The lowest BCUT2D eigenvalue weighted by molar-refractivity contribution is 0.120. The van der Waals surface area contributed by atoms with E-state index in [2.05, 4.69) is 31.1 Å². The van der Waals surface area contributed by atoms with Crippen LogP contribution in [0.4, 0.5) is 0 Å². The summed E-state index contributed by atoms with van der Waals surface area (Å²) in [6, 6.07) is 3.69. The second-order valence-corrected chi connectivity index (χ2v) is 5.65. The van der Waals surface area contributed by atoms with Crippen molar-refractivity contribution in [2.75, 3.05) is 0 Å². The first-order valence-corrected chi connectivity index (χ1v) is 6.92. The van der Waals surface area contributed by atoms with Gasteiger partial charge in [-0.15, -0.1) is 0 Å². The minimum Gasteiger partial charge on any atom is -0.393 e. The highest BCUT2D eigenvalue weighted by molar-refractivity contribution is 9.10. The Labute approximate surface area is 120 Å². The monoisotopic (exact) mass is 325 g/mol. The molecule has 2 heterocycles. The molecule has 2 aromatic heterocycles. The molecule has 2 rings (SSSR count). The summed E-state index contributed by atoms with van der Waals surface area (Å²) in [5.41, 5.74) is 0.630. The largest absolute Gasteiger partial charge is 0.393 e. The van der Waals surface area contributed by atoms with Gasteiger partial charge in [0.2, 0.25) is 11.7 Å². The summed E-state index contributed by atoms with van der Waals surface area (Å²) in [5, 5.41) is 13.8. The van der Waals surface area contributed by atoms with Gasteiger partial charge in [-0.3, -0.25) is 4.98 Å². The third-order valence-corrected chi connectivity index (χ3v) is 3.58. The van der Waals surface area contributed by atoms with Crippen molar-refractivity contribution in [3.8, 4) is 11.5 Å². The molecular weight excluding hydrogens is 310 g/mol. The summed E-state index contributed by atoms with van der Waals surface area (Å²) in [6.07, 6.45) is 1.13. The topological polar surface area (TPSA) is 72.0 Å². The molecule has 0 saturated heterocycles. The van der Waals surface area contributed by atoms with Crippen LogP contribution in [0.25, 0.3) is 11.5 Å². The fraction of sp³-hybridized carbons (Fsp3) is 0.462. The zero-order chi connectivity index (χ0) is 14.0. The fourth-order valence-corrected chi connectivity index (χ4v) is 2.50. The quantitative estimate of drug-likeness (QED) is 0.935. The van der Waals surface area contributed by atoms with Crippen molar-refractivity contribution in [2.24, 2.45) is 5.92 Å². The summed E-state index contributed by atoms with van der Waals surface area (Å²) in [7, 11) is 0. The van der Waals surface area contributed by atoms with Crippen molar-refractivity contribution in [1.82, 2.24) is 15.1 Å². The fourth-order valence-electron chi connectivity index (χ4n) is 2.07. The highest BCUT2D eigenvalue weighted by atomic mass is 79.9. The summed E-state index contributed by atoms with van der Waals surface area (Å²) in [6.45, 7) is 5.75. The van der Waals surface area contributed by atoms with E-state index in [0.717, 1.165) is 4.47 Å². The molecule has 0 saturated carbocycles. The molecule has 0 amide bonds. The number of rotatable bonds is 4. The smallest absolute Gasteiger partial charge is 0.232 e. The summed E-state index contributed by atoms with van der Waals surface area (Å²) in [5.74, 6) is 0.899. The normalized spacial score (nSPS) is 14.6. The molecule has 5 nitrogen and oxygen atoms in total. The van der Waals surface area contributed by atoms with Crippen molar-refractivity contribution < 1.29 is 9.63 Å². The molecule has 2 aromatic rings. The zero-order valence-corrected chi connectivity index (χ0v) is 12.6. The predicted molar refractivity (Wildman–Crippen MR) is 74.5 cm³/mol. The van der Waals surface area contributed by atoms with Gasteiger partial charge < -0.3 is 9.63 Å². The van der Waals surface area contributed by atoms with Crippen LogP contribution in [0.3, 0.4) is 0 Å². The molecule has 0 aliphatic heterocycles. The molecule has 1 N–H and O–H groups in total. The van der Waals surface area contributed by atoms with E-state index in [9.17, 15) is 5.11 Å². The lowest BCUT2D eigenvalue weighted by Gasteiger charge is -2.19. The third-order valence-electron chi connectivity index (χ3n) is 2.94. The molecule has 19 heavy (non-hydrogen) atoms. The number of nitrogens with zero attached hydrogens (tertiary/aromatic N) is 3. The molecule has 0 bridgehead atoms. The third kappa shape index (κ3) is 3.01. The van der Waals surface area contributed by atoms with E-state index in [1.54, 1.807) is 13.1 Å². The Hall–Kier alpha value is -1.27. The van der Waals surface area contributed by atoms with Crippen LogP contribution in [0, 0.1) is 5.92 Å². The first-order chi connectivity index (χ1) is 9.00. The molecule has 0 aliphatic rings. The van der Waals surface area contributed by atoms with Crippen LogP contribution in [-0.2, 0) is 0 Å². The Morgan fingerprint density at radius 3 is 2.63 bits per heavy atom. The minimum absolute atomic E-state index is 0.177. The molecule has 0 aromatic carbocycles. The standard InChI is InChI=1S/C13H16BrN3O2/c1-7(2)10(8(3)18)13-16-12(17-19-13)11-9(14)5-4-6-15-11/h4-8,10,18H,1-3H3. The predicted octanol–water partition coefficient (Wildman–Crippen LogP) is 3.01. The van der Waals surface area contributed by atoms with Gasteiger partial charge in [0.05, 0.1) is 12.0 Å². The van der Waals surface area contributed by atoms with Gasteiger partial charge in [0.15, 0.2) is 0 Å². The van der Waals surface area contributed by atoms with Gasteiger partial charge in [-0.05, 0) is 40.9 Å². The summed E-state index contributed by atoms with van der Waals surface area (Å²) in [4.78, 5) is 8.57. The Kier molecular flexibility index (Phi) is 4.31. The van der Waals surface area contributed by atoms with Crippen molar-refractivity contribution in [3.05, 3.63) is 28.7 Å².